The number of β-amino-alcohol motifs (C(OH)–C–C–N with tert-alkyl or cyclic N) is 1. The zero-order valence-corrected chi connectivity index (χ0v) is 11.0. The van der Waals surface area contributed by atoms with E-state index in [1.807, 2.05) is 0 Å². The Morgan fingerprint density at radius 1 is 1.28 bits per heavy atom. The number of halogens is 1. The summed E-state index contributed by atoms with van der Waals surface area (Å²) in [6.07, 6.45) is -0.692. The lowest BCUT2D eigenvalue weighted by Crippen LogP contribution is -2.40. The van der Waals surface area contributed by atoms with Crippen molar-refractivity contribution >= 4 is 27.8 Å². The molecule has 2 N–H and O–H groups in total. The summed E-state index contributed by atoms with van der Waals surface area (Å²) in [6, 6.07) is 5.73. The Balaban J connectivity index is 2.22. The second-order valence-corrected chi connectivity index (χ2v) is 5.12. The van der Waals surface area contributed by atoms with Crippen LogP contribution in [0.1, 0.15) is 16.8 Å². The van der Waals surface area contributed by atoms with Gasteiger partial charge in [0.05, 0.1) is 6.10 Å². The molecule has 6 heteroatoms. The minimum absolute atomic E-state index is 0.0614. The van der Waals surface area contributed by atoms with Crippen molar-refractivity contribution in [2.75, 3.05) is 6.54 Å². The molecule has 0 aliphatic carbocycles. The molecule has 1 aromatic carbocycles. The maximum absolute atomic E-state index is 12.2. The monoisotopic (exact) mass is 313 g/mol. The SMILES string of the molecule is O=C(O)[C@@H]1CC(O)CN1C(=O)c1ccc(Br)cc1. The highest BCUT2D eigenvalue weighted by Crippen LogP contribution is 2.21. The number of carboxylic acid groups (broad SMARTS) is 1. The molecule has 2 rings (SSSR count). The number of amides is 1. The number of aliphatic carboxylic acids is 1. The van der Waals surface area contributed by atoms with Gasteiger partial charge in [0.25, 0.3) is 5.91 Å². The molecule has 1 unspecified atom stereocenters. The molecule has 0 radical (unpaired) electrons. The summed E-state index contributed by atoms with van der Waals surface area (Å²) in [4.78, 5) is 24.4. The van der Waals surface area contributed by atoms with Crippen molar-refractivity contribution in [3.05, 3.63) is 34.3 Å². The van der Waals surface area contributed by atoms with Crippen molar-refractivity contribution in [3.8, 4) is 0 Å². The van der Waals surface area contributed by atoms with Gasteiger partial charge in [0.15, 0.2) is 0 Å². The molecule has 0 aromatic heterocycles. The molecule has 0 bridgehead atoms. The first kappa shape index (κ1) is 13.0. The summed E-state index contributed by atoms with van der Waals surface area (Å²) in [5.41, 5.74) is 0.415. The number of hydrogen-bond donors (Lipinski definition) is 2. The number of aliphatic hydroxyl groups excluding tert-OH is 1. The predicted molar refractivity (Wildman–Crippen MR) is 67.2 cm³/mol. The van der Waals surface area contributed by atoms with E-state index in [-0.39, 0.29) is 18.9 Å². The number of likely N-dealkylation sites (tertiary alicyclic amines) is 1. The quantitative estimate of drug-likeness (QED) is 0.857. The average Bonchev–Trinajstić information content (AvgIpc) is 2.71. The van der Waals surface area contributed by atoms with Gasteiger partial charge in [-0.15, -0.1) is 0 Å². The van der Waals surface area contributed by atoms with Crippen LogP contribution in [0.3, 0.4) is 0 Å². The summed E-state index contributed by atoms with van der Waals surface area (Å²) in [5.74, 6) is -1.46. The molecule has 5 nitrogen and oxygen atoms in total. The molecule has 0 spiro atoms. The highest BCUT2D eigenvalue weighted by atomic mass is 79.9. The lowest BCUT2D eigenvalue weighted by molar-refractivity contribution is -0.141. The molecule has 1 aliphatic rings. The van der Waals surface area contributed by atoms with E-state index in [1.54, 1.807) is 24.3 Å². The van der Waals surface area contributed by atoms with Crippen LogP contribution < -0.4 is 0 Å². The van der Waals surface area contributed by atoms with E-state index in [2.05, 4.69) is 15.9 Å². The van der Waals surface area contributed by atoms with Gasteiger partial charge in [0.1, 0.15) is 6.04 Å². The molecular formula is C12H12BrNO4. The van der Waals surface area contributed by atoms with E-state index in [0.29, 0.717) is 5.56 Å². The first-order valence-corrected chi connectivity index (χ1v) is 6.25. The summed E-state index contributed by atoms with van der Waals surface area (Å²) >= 11 is 3.26. The molecule has 18 heavy (non-hydrogen) atoms. The molecular weight excluding hydrogens is 302 g/mol. The van der Waals surface area contributed by atoms with Gasteiger partial charge < -0.3 is 15.1 Å². The van der Waals surface area contributed by atoms with Gasteiger partial charge in [-0.2, -0.15) is 0 Å². The summed E-state index contributed by atoms with van der Waals surface area (Å²) in [6.45, 7) is 0.0614. The lowest BCUT2D eigenvalue weighted by atomic mass is 10.1. The Morgan fingerprint density at radius 2 is 1.89 bits per heavy atom. The highest BCUT2D eigenvalue weighted by Gasteiger charge is 2.39. The van der Waals surface area contributed by atoms with Crippen LogP contribution in [0.4, 0.5) is 0 Å². The third-order valence-electron chi connectivity index (χ3n) is 2.92. The molecule has 1 fully saturated rings. The predicted octanol–water partition coefficient (Wildman–Crippen LogP) is 1.11. The second kappa shape index (κ2) is 5.07. The molecule has 1 aromatic rings. The van der Waals surface area contributed by atoms with Crippen molar-refractivity contribution in [3.63, 3.8) is 0 Å². The van der Waals surface area contributed by atoms with Gasteiger partial charge in [0.2, 0.25) is 0 Å². The molecule has 1 saturated heterocycles. The van der Waals surface area contributed by atoms with E-state index in [9.17, 15) is 14.7 Å². The van der Waals surface area contributed by atoms with Crippen molar-refractivity contribution in [2.45, 2.75) is 18.6 Å². The van der Waals surface area contributed by atoms with Crippen molar-refractivity contribution in [1.82, 2.24) is 4.90 Å². The summed E-state index contributed by atoms with van der Waals surface area (Å²) < 4.78 is 0.843. The number of nitrogens with zero attached hydrogens (tertiary/aromatic N) is 1. The molecule has 96 valence electrons. The fourth-order valence-electron chi connectivity index (χ4n) is 2.03. The molecule has 1 heterocycles. The zero-order chi connectivity index (χ0) is 13.3. The first-order chi connectivity index (χ1) is 8.49. The van der Waals surface area contributed by atoms with Crippen LogP contribution in [0.5, 0.6) is 0 Å². The Bertz CT molecular complexity index is 473. The Morgan fingerprint density at radius 3 is 2.44 bits per heavy atom. The zero-order valence-electron chi connectivity index (χ0n) is 9.41. The fourth-order valence-corrected chi connectivity index (χ4v) is 2.29. The van der Waals surface area contributed by atoms with Gasteiger partial charge >= 0.3 is 5.97 Å². The van der Waals surface area contributed by atoms with Crippen molar-refractivity contribution in [2.24, 2.45) is 0 Å². The normalized spacial score (nSPS) is 23.1. The van der Waals surface area contributed by atoms with Crippen LogP contribution in [-0.4, -0.2) is 45.7 Å². The van der Waals surface area contributed by atoms with E-state index in [1.165, 1.54) is 4.90 Å². The van der Waals surface area contributed by atoms with Gasteiger partial charge in [-0.1, -0.05) is 15.9 Å². The van der Waals surface area contributed by atoms with Crippen LogP contribution in [0, 0.1) is 0 Å². The molecule has 1 aliphatic heterocycles. The fraction of sp³-hybridized carbons (Fsp3) is 0.333. The number of benzene rings is 1. The molecule has 1 amide bonds. The van der Waals surface area contributed by atoms with Crippen molar-refractivity contribution in [1.29, 1.82) is 0 Å². The first-order valence-electron chi connectivity index (χ1n) is 5.46. The maximum Gasteiger partial charge on any atom is 0.326 e. The number of rotatable bonds is 2. The van der Waals surface area contributed by atoms with Crippen LogP contribution in [-0.2, 0) is 4.79 Å². The molecule has 2 atom stereocenters. The Hall–Kier alpha value is -1.40. The Labute approximate surface area is 112 Å². The van der Waals surface area contributed by atoms with Gasteiger partial charge in [-0.25, -0.2) is 4.79 Å². The standard InChI is InChI=1S/C12H12BrNO4/c13-8-3-1-7(2-4-8)11(16)14-6-9(15)5-10(14)12(17)18/h1-4,9-10,15H,5-6H2,(H,17,18)/t9?,10-/m0/s1. The van der Waals surface area contributed by atoms with Gasteiger partial charge in [-0.05, 0) is 24.3 Å². The van der Waals surface area contributed by atoms with E-state index >= 15 is 0 Å². The second-order valence-electron chi connectivity index (χ2n) is 4.21. The third kappa shape index (κ3) is 2.54. The lowest BCUT2D eigenvalue weighted by Gasteiger charge is -2.21. The third-order valence-corrected chi connectivity index (χ3v) is 3.44. The number of carbonyl (C=O) groups excluding carboxylic acids is 1. The largest absolute Gasteiger partial charge is 0.480 e. The minimum Gasteiger partial charge on any atom is -0.480 e. The summed E-state index contributed by atoms with van der Waals surface area (Å²) in [7, 11) is 0. The van der Waals surface area contributed by atoms with Crippen molar-refractivity contribution < 1.29 is 19.8 Å². The smallest absolute Gasteiger partial charge is 0.326 e. The van der Waals surface area contributed by atoms with E-state index < -0.39 is 18.1 Å². The van der Waals surface area contributed by atoms with Crippen LogP contribution in [0.2, 0.25) is 0 Å². The van der Waals surface area contributed by atoms with E-state index in [0.717, 1.165) is 4.47 Å². The topological polar surface area (TPSA) is 77.8 Å². The van der Waals surface area contributed by atoms with E-state index in [4.69, 9.17) is 5.11 Å². The van der Waals surface area contributed by atoms with Crippen LogP contribution in [0.25, 0.3) is 0 Å². The number of aliphatic hydroxyl groups is 1. The number of carbonyl (C=O) groups is 2. The van der Waals surface area contributed by atoms with Crippen LogP contribution >= 0.6 is 15.9 Å². The van der Waals surface area contributed by atoms with Gasteiger partial charge in [0, 0.05) is 23.0 Å². The average molecular weight is 314 g/mol. The Kier molecular flexibility index (Phi) is 3.68. The number of hydrogen-bond acceptors (Lipinski definition) is 3. The highest BCUT2D eigenvalue weighted by molar-refractivity contribution is 9.10. The molecule has 0 saturated carbocycles. The van der Waals surface area contributed by atoms with Gasteiger partial charge in [-0.3, -0.25) is 4.79 Å². The summed E-state index contributed by atoms with van der Waals surface area (Å²) in [5, 5.41) is 18.5. The maximum atomic E-state index is 12.2. The minimum atomic E-state index is -1.09. The van der Waals surface area contributed by atoms with Crippen LogP contribution in [0.15, 0.2) is 28.7 Å². The number of carboxylic acids is 1.